The molecule has 88 valence electrons. The van der Waals surface area contributed by atoms with E-state index in [1.165, 1.54) is 11.1 Å². The standard InChI is InChI=1S/C14H20O2/c1-5-12-7-6-8-13(11(12)4)9-16-14(15)10(2)3/h6-8,10H,5,9H2,1-4H3. The summed E-state index contributed by atoms with van der Waals surface area (Å²) in [5, 5.41) is 0. The van der Waals surface area contributed by atoms with E-state index in [2.05, 4.69) is 19.9 Å². The minimum atomic E-state index is -0.138. The van der Waals surface area contributed by atoms with Crippen molar-refractivity contribution in [2.75, 3.05) is 0 Å². The molecule has 0 aliphatic carbocycles. The van der Waals surface area contributed by atoms with Crippen molar-refractivity contribution in [3.63, 3.8) is 0 Å². The number of aryl methyl sites for hydroxylation is 1. The zero-order valence-corrected chi connectivity index (χ0v) is 10.5. The number of esters is 1. The Morgan fingerprint density at radius 1 is 1.31 bits per heavy atom. The van der Waals surface area contributed by atoms with Crippen LogP contribution in [-0.4, -0.2) is 5.97 Å². The van der Waals surface area contributed by atoms with Crippen LogP contribution in [0.1, 0.15) is 37.5 Å². The Labute approximate surface area is 97.6 Å². The first kappa shape index (κ1) is 12.8. The molecule has 2 nitrogen and oxygen atoms in total. The van der Waals surface area contributed by atoms with Crippen molar-refractivity contribution < 1.29 is 9.53 Å². The minimum Gasteiger partial charge on any atom is -0.461 e. The van der Waals surface area contributed by atoms with Gasteiger partial charge >= 0.3 is 5.97 Å². The van der Waals surface area contributed by atoms with Crippen LogP contribution in [0, 0.1) is 12.8 Å². The highest BCUT2D eigenvalue weighted by Gasteiger charge is 2.09. The van der Waals surface area contributed by atoms with Gasteiger partial charge in [-0.3, -0.25) is 4.79 Å². The molecule has 0 saturated carbocycles. The van der Waals surface area contributed by atoms with Crippen molar-refractivity contribution in [2.24, 2.45) is 5.92 Å². The van der Waals surface area contributed by atoms with Crippen molar-refractivity contribution in [3.05, 3.63) is 34.9 Å². The van der Waals surface area contributed by atoms with Gasteiger partial charge in [-0.1, -0.05) is 39.0 Å². The molecule has 0 atom stereocenters. The lowest BCUT2D eigenvalue weighted by molar-refractivity contribution is -0.148. The Morgan fingerprint density at radius 2 is 1.94 bits per heavy atom. The van der Waals surface area contributed by atoms with E-state index >= 15 is 0 Å². The van der Waals surface area contributed by atoms with Crippen LogP contribution in [0.3, 0.4) is 0 Å². The van der Waals surface area contributed by atoms with Gasteiger partial charge in [-0.2, -0.15) is 0 Å². The summed E-state index contributed by atoms with van der Waals surface area (Å²) in [7, 11) is 0. The molecule has 1 aromatic rings. The largest absolute Gasteiger partial charge is 0.461 e. The highest BCUT2D eigenvalue weighted by molar-refractivity contribution is 5.71. The Bertz CT molecular complexity index is 367. The SMILES string of the molecule is CCc1cccc(COC(=O)C(C)C)c1C. The van der Waals surface area contributed by atoms with E-state index in [-0.39, 0.29) is 11.9 Å². The quantitative estimate of drug-likeness (QED) is 0.728. The first-order chi connectivity index (χ1) is 7.56. The minimum absolute atomic E-state index is 0.0605. The molecule has 0 spiro atoms. The molecule has 0 aliphatic heterocycles. The molecular formula is C14H20O2. The number of carbonyl (C=O) groups is 1. The van der Waals surface area contributed by atoms with E-state index in [1.807, 2.05) is 26.0 Å². The van der Waals surface area contributed by atoms with Crippen LogP contribution in [-0.2, 0) is 22.6 Å². The van der Waals surface area contributed by atoms with Crippen LogP contribution in [0.2, 0.25) is 0 Å². The number of rotatable bonds is 4. The van der Waals surface area contributed by atoms with Crippen molar-refractivity contribution in [2.45, 2.75) is 40.7 Å². The number of ether oxygens (including phenoxy) is 1. The van der Waals surface area contributed by atoms with Crippen LogP contribution >= 0.6 is 0 Å². The van der Waals surface area contributed by atoms with E-state index in [0.29, 0.717) is 6.61 Å². The summed E-state index contributed by atoms with van der Waals surface area (Å²) in [5.41, 5.74) is 3.66. The Kier molecular flexibility index (Phi) is 4.53. The predicted octanol–water partition coefficient (Wildman–Crippen LogP) is 3.26. The normalized spacial score (nSPS) is 10.6. The summed E-state index contributed by atoms with van der Waals surface area (Å²) in [5.74, 6) is -0.198. The number of benzene rings is 1. The molecular weight excluding hydrogens is 200 g/mol. The third-order valence-corrected chi connectivity index (χ3v) is 2.78. The van der Waals surface area contributed by atoms with Crippen LogP contribution in [0.5, 0.6) is 0 Å². The molecule has 2 heteroatoms. The third-order valence-electron chi connectivity index (χ3n) is 2.78. The van der Waals surface area contributed by atoms with Gasteiger partial charge in [-0.25, -0.2) is 0 Å². The van der Waals surface area contributed by atoms with Crippen LogP contribution in [0.4, 0.5) is 0 Å². The molecule has 0 fully saturated rings. The zero-order chi connectivity index (χ0) is 12.1. The van der Waals surface area contributed by atoms with Crippen molar-refractivity contribution >= 4 is 5.97 Å². The summed E-state index contributed by atoms with van der Waals surface area (Å²) in [4.78, 5) is 11.4. The summed E-state index contributed by atoms with van der Waals surface area (Å²) < 4.78 is 5.23. The van der Waals surface area contributed by atoms with E-state index < -0.39 is 0 Å². The highest BCUT2D eigenvalue weighted by Crippen LogP contribution is 2.15. The second-order valence-electron chi connectivity index (χ2n) is 4.32. The van der Waals surface area contributed by atoms with Gasteiger partial charge in [0.05, 0.1) is 5.92 Å². The fourth-order valence-corrected chi connectivity index (χ4v) is 1.59. The number of hydrogen-bond donors (Lipinski definition) is 0. The van der Waals surface area contributed by atoms with Gasteiger partial charge in [0, 0.05) is 0 Å². The molecule has 0 amide bonds. The molecule has 0 aliphatic rings. The maximum absolute atomic E-state index is 11.4. The van der Waals surface area contributed by atoms with E-state index in [1.54, 1.807) is 0 Å². The van der Waals surface area contributed by atoms with Gasteiger partial charge < -0.3 is 4.74 Å². The van der Waals surface area contributed by atoms with Crippen LogP contribution in [0.25, 0.3) is 0 Å². The summed E-state index contributed by atoms with van der Waals surface area (Å²) in [6.07, 6.45) is 1.01. The molecule has 0 unspecified atom stereocenters. The maximum atomic E-state index is 11.4. The molecule has 16 heavy (non-hydrogen) atoms. The van der Waals surface area contributed by atoms with Gasteiger partial charge in [0.15, 0.2) is 0 Å². The molecule has 0 N–H and O–H groups in total. The molecule has 1 aromatic carbocycles. The second kappa shape index (κ2) is 5.69. The zero-order valence-electron chi connectivity index (χ0n) is 10.5. The molecule has 0 bridgehead atoms. The Hall–Kier alpha value is -1.31. The summed E-state index contributed by atoms with van der Waals surface area (Å²) in [6.45, 7) is 8.29. The second-order valence-corrected chi connectivity index (χ2v) is 4.32. The summed E-state index contributed by atoms with van der Waals surface area (Å²) in [6, 6.07) is 6.15. The Morgan fingerprint density at radius 3 is 2.50 bits per heavy atom. The molecule has 0 aromatic heterocycles. The first-order valence-electron chi connectivity index (χ1n) is 5.80. The maximum Gasteiger partial charge on any atom is 0.308 e. The molecule has 0 radical (unpaired) electrons. The fourth-order valence-electron chi connectivity index (χ4n) is 1.59. The van der Waals surface area contributed by atoms with Gasteiger partial charge in [0.25, 0.3) is 0 Å². The van der Waals surface area contributed by atoms with E-state index in [0.717, 1.165) is 12.0 Å². The van der Waals surface area contributed by atoms with Gasteiger partial charge in [0.1, 0.15) is 6.61 Å². The highest BCUT2D eigenvalue weighted by atomic mass is 16.5. The third kappa shape index (κ3) is 3.09. The van der Waals surface area contributed by atoms with Crippen molar-refractivity contribution in [1.29, 1.82) is 0 Å². The lowest BCUT2D eigenvalue weighted by Gasteiger charge is -2.11. The van der Waals surface area contributed by atoms with Crippen molar-refractivity contribution in [1.82, 2.24) is 0 Å². The number of carbonyl (C=O) groups excluding carboxylic acids is 1. The van der Waals surface area contributed by atoms with Crippen molar-refractivity contribution in [3.8, 4) is 0 Å². The average molecular weight is 220 g/mol. The predicted molar refractivity (Wildman–Crippen MR) is 65.2 cm³/mol. The first-order valence-corrected chi connectivity index (χ1v) is 5.80. The fraction of sp³-hybridized carbons (Fsp3) is 0.500. The average Bonchev–Trinajstić information content (AvgIpc) is 2.27. The lowest BCUT2D eigenvalue weighted by Crippen LogP contribution is -2.12. The van der Waals surface area contributed by atoms with E-state index in [9.17, 15) is 4.79 Å². The van der Waals surface area contributed by atoms with Gasteiger partial charge in [-0.05, 0) is 30.0 Å². The van der Waals surface area contributed by atoms with E-state index in [4.69, 9.17) is 4.74 Å². The van der Waals surface area contributed by atoms with Crippen LogP contribution in [0.15, 0.2) is 18.2 Å². The Balaban J connectivity index is 2.71. The summed E-state index contributed by atoms with van der Waals surface area (Å²) >= 11 is 0. The van der Waals surface area contributed by atoms with Crippen LogP contribution < -0.4 is 0 Å². The molecule has 1 rings (SSSR count). The smallest absolute Gasteiger partial charge is 0.308 e. The van der Waals surface area contributed by atoms with Gasteiger partial charge in [0.2, 0.25) is 0 Å². The van der Waals surface area contributed by atoms with Gasteiger partial charge in [-0.15, -0.1) is 0 Å². The monoisotopic (exact) mass is 220 g/mol. The molecule has 0 saturated heterocycles. The topological polar surface area (TPSA) is 26.3 Å². The molecule has 0 heterocycles. The lowest BCUT2D eigenvalue weighted by atomic mass is 10.0. The number of hydrogen-bond acceptors (Lipinski definition) is 2.